The van der Waals surface area contributed by atoms with E-state index in [1.807, 2.05) is 0 Å². The maximum absolute atomic E-state index is 2.49. The summed E-state index contributed by atoms with van der Waals surface area (Å²) < 4.78 is 0. The Kier molecular flexibility index (Phi) is 6.00. The van der Waals surface area contributed by atoms with Crippen molar-refractivity contribution in [1.29, 1.82) is 0 Å². The van der Waals surface area contributed by atoms with Crippen molar-refractivity contribution in [2.24, 2.45) is 0 Å². The predicted molar refractivity (Wildman–Crippen MR) is 121 cm³/mol. The van der Waals surface area contributed by atoms with Crippen molar-refractivity contribution < 1.29 is 0 Å². The van der Waals surface area contributed by atoms with Gasteiger partial charge >= 0.3 is 0 Å². The van der Waals surface area contributed by atoms with E-state index in [2.05, 4.69) is 112 Å². The maximum Gasteiger partial charge on any atom is 0.00926 e. The molecule has 1 atom stereocenters. The number of rotatable bonds is 3. The van der Waals surface area contributed by atoms with Crippen molar-refractivity contribution in [2.75, 3.05) is 0 Å². The van der Waals surface area contributed by atoms with Crippen LogP contribution in [0, 0.1) is 0 Å². The van der Waals surface area contributed by atoms with Crippen LogP contribution in [-0.4, -0.2) is 0 Å². The standard InChI is InChI=1S/C27H40/c1-11-20(21-14-12-13-15-23(21)26(5,6)7)22-18-19(25(2,3)4)16-17-24(22)27(8,9)10/h12-18,20H,11H2,1-10H3. The lowest BCUT2D eigenvalue weighted by Gasteiger charge is -2.33. The van der Waals surface area contributed by atoms with E-state index in [4.69, 9.17) is 0 Å². The molecular formula is C27H40. The summed E-state index contributed by atoms with van der Waals surface area (Å²) in [4.78, 5) is 0. The fraction of sp³-hybridized carbons (Fsp3) is 0.556. The molecule has 0 nitrogen and oxygen atoms in total. The van der Waals surface area contributed by atoms with Crippen LogP contribution in [0.3, 0.4) is 0 Å². The zero-order valence-corrected chi connectivity index (χ0v) is 19.3. The van der Waals surface area contributed by atoms with Crippen molar-refractivity contribution in [3.05, 3.63) is 70.3 Å². The van der Waals surface area contributed by atoms with Crippen LogP contribution in [0.25, 0.3) is 0 Å². The molecule has 0 heteroatoms. The summed E-state index contributed by atoms with van der Waals surface area (Å²) in [5, 5.41) is 0. The SMILES string of the molecule is CCC(c1ccccc1C(C)(C)C)c1cc(C(C)(C)C)ccc1C(C)(C)C. The van der Waals surface area contributed by atoms with Crippen molar-refractivity contribution in [1.82, 2.24) is 0 Å². The molecule has 0 fully saturated rings. The van der Waals surface area contributed by atoms with Gasteiger partial charge in [-0.1, -0.05) is 112 Å². The molecular weight excluding hydrogens is 324 g/mol. The predicted octanol–water partition coefficient (Wildman–Crippen LogP) is 8.12. The molecule has 148 valence electrons. The molecule has 0 bridgehead atoms. The van der Waals surface area contributed by atoms with E-state index in [-0.39, 0.29) is 16.2 Å². The quantitative estimate of drug-likeness (QED) is 0.516. The summed E-state index contributed by atoms with van der Waals surface area (Å²) >= 11 is 0. The van der Waals surface area contributed by atoms with E-state index >= 15 is 0 Å². The van der Waals surface area contributed by atoms with Gasteiger partial charge in [-0.05, 0) is 50.5 Å². The van der Waals surface area contributed by atoms with Crippen LogP contribution in [0.2, 0.25) is 0 Å². The third-order valence-electron chi connectivity index (χ3n) is 5.65. The molecule has 0 saturated heterocycles. The highest BCUT2D eigenvalue weighted by molar-refractivity contribution is 5.48. The molecule has 0 aliphatic carbocycles. The van der Waals surface area contributed by atoms with Gasteiger partial charge in [0.15, 0.2) is 0 Å². The van der Waals surface area contributed by atoms with Crippen LogP contribution in [0.4, 0.5) is 0 Å². The van der Waals surface area contributed by atoms with Gasteiger partial charge in [0.05, 0.1) is 0 Å². The van der Waals surface area contributed by atoms with Gasteiger partial charge in [0, 0.05) is 5.92 Å². The van der Waals surface area contributed by atoms with Crippen molar-refractivity contribution >= 4 is 0 Å². The lowest BCUT2D eigenvalue weighted by atomic mass is 9.72. The largest absolute Gasteiger partial charge is 0.0645 e. The van der Waals surface area contributed by atoms with Gasteiger partial charge in [-0.3, -0.25) is 0 Å². The molecule has 2 rings (SSSR count). The Morgan fingerprint density at radius 3 is 1.63 bits per heavy atom. The van der Waals surface area contributed by atoms with Gasteiger partial charge < -0.3 is 0 Å². The fourth-order valence-electron chi connectivity index (χ4n) is 4.09. The van der Waals surface area contributed by atoms with E-state index in [1.54, 1.807) is 0 Å². The van der Waals surface area contributed by atoms with Crippen molar-refractivity contribution in [3.8, 4) is 0 Å². The van der Waals surface area contributed by atoms with Crippen LogP contribution in [0.15, 0.2) is 42.5 Å². The molecule has 0 radical (unpaired) electrons. The summed E-state index contributed by atoms with van der Waals surface area (Å²) in [5.41, 5.74) is 7.82. The van der Waals surface area contributed by atoms with Crippen molar-refractivity contribution in [3.63, 3.8) is 0 Å². The van der Waals surface area contributed by atoms with Crippen LogP contribution in [-0.2, 0) is 16.2 Å². The van der Waals surface area contributed by atoms with E-state index in [1.165, 1.54) is 27.8 Å². The highest BCUT2D eigenvalue weighted by Gasteiger charge is 2.28. The first-order chi connectivity index (χ1) is 12.3. The Labute approximate surface area is 168 Å². The molecule has 0 spiro atoms. The van der Waals surface area contributed by atoms with E-state index < -0.39 is 0 Å². The molecule has 0 aromatic heterocycles. The minimum absolute atomic E-state index is 0.135. The highest BCUT2D eigenvalue weighted by Crippen LogP contribution is 2.41. The molecule has 2 aromatic carbocycles. The third-order valence-corrected chi connectivity index (χ3v) is 5.65. The Hall–Kier alpha value is -1.56. The topological polar surface area (TPSA) is 0 Å². The fourth-order valence-corrected chi connectivity index (χ4v) is 4.09. The molecule has 1 unspecified atom stereocenters. The zero-order valence-electron chi connectivity index (χ0n) is 19.3. The first-order valence-electron chi connectivity index (χ1n) is 10.5. The summed E-state index contributed by atoms with van der Waals surface area (Å²) in [6, 6.07) is 16.3. The van der Waals surface area contributed by atoms with E-state index in [0.717, 1.165) is 6.42 Å². The second kappa shape index (κ2) is 7.46. The summed E-state index contributed by atoms with van der Waals surface area (Å²) in [5.74, 6) is 0.428. The first-order valence-corrected chi connectivity index (χ1v) is 10.5. The number of hydrogen-bond acceptors (Lipinski definition) is 0. The van der Waals surface area contributed by atoms with Crippen LogP contribution < -0.4 is 0 Å². The van der Waals surface area contributed by atoms with Gasteiger partial charge in [0.1, 0.15) is 0 Å². The normalized spacial score (nSPS) is 14.3. The molecule has 0 heterocycles. The molecule has 0 N–H and O–H groups in total. The summed E-state index contributed by atoms with van der Waals surface area (Å²) in [6.07, 6.45) is 1.11. The minimum Gasteiger partial charge on any atom is -0.0645 e. The monoisotopic (exact) mass is 364 g/mol. The zero-order chi connectivity index (χ0) is 20.6. The summed E-state index contributed by atoms with van der Waals surface area (Å²) in [6.45, 7) is 23.3. The summed E-state index contributed by atoms with van der Waals surface area (Å²) in [7, 11) is 0. The molecule has 2 aromatic rings. The van der Waals surface area contributed by atoms with Gasteiger partial charge in [-0.15, -0.1) is 0 Å². The third kappa shape index (κ3) is 4.84. The van der Waals surface area contributed by atoms with Crippen LogP contribution in [0.1, 0.15) is 109 Å². The molecule has 27 heavy (non-hydrogen) atoms. The van der Waals surface area contributed by atoms with Crippen molar-refractivity contribution in [2.45, 2.75) is 97.8 Å². The Morgan fingerprint density at radius 2 is 1.15 bits per heavy atom. The van der Waals surface area contributed by atoms with Gasteiger partial charge in [-0.2, -0.15) is 0 Å². The first kappa shape index (κ1) is 21.7. The van der Waals surface area contributed by atoms with Crippen LogP contribution >= 0.6 is 0 Å². The minimum atomic E-state index is 0.135. The smallest absolute Gasteiger partial charge is 0.00926 e. The second-order valence-electron chi connectivity index (χ2n) is 11.1. The Balaban J connectivity index is 2.77. The lowest BCUT2D eigenvalue weighted by Crippen LogP contribution is -2.21. The van der Waals surface area contributed by atoms with Gasteiger partial charge in [0.2, 0.25) is 0 Å². The highest BCUT2D eigenvalue weighted by atomic mass is 14.3. The number of hydrogen-bond donors (Lipinski definition) is 0. The Morgan fingerprint density at radius 1 is 0.630 bits per heavy atom. The molecule has 0 saturated carbocycles. The second-order valence-corrected chi connectivity index (χ2v) is 11.1. The Bertz CT molecular complexity index is 773. The van der Waals surface area contributed by atoms with Gasteiger partial charge in [0.25, 0.3) is 0 Å². The lowest BCUT2D eigenvalue weighted by molar-refractivity contribution is 0.554. The molecule has 0 aliphatic heterocycles. The van der Waals surface area contributed by atoms with E-state index in [0.29, 0.717) is 5.92 Å². The maximum atomic E-state index is 2.49. The molecule has 0 amide bonds. The van der Waals surface area contributed by atoms with E-state index in [9.17, 15) is 0 Å². The van der Waals surface area contributed by atoms with Gasteiger partial charge in [-0.25, -0.2) is 0 Å². The number of benzene rings is 2. The van der Waals surface area contributed by atoms with Crippen LogP contribution in [0.5, 0.6) is 0 Å². The average molecular weight is 365 g/mol. The average Bonchev–Trinajstić information content (AvgIpc) is 2.53. The molecule has 0 aliphatic rings.